The van der Waals surface area contributed by atoms with E-state index in [1.54, 1.807) is 24.3 Å². The number of benzene rings is 2. The average molecular weight is 330 g/mol. The molecule has 104 valence electrons. The van der Waals surface area contributed by atoms with E-state index in [1.165, 1.54) is 24.3 Å². The highest BCUT2D eigenvalue weighted by Gasteiger charge is 2.17. The van der Waals surface area contributed by atoms with Crippen molar-refractivity contribution in [3.8, 4) is 0 Å². The van der Waals surface area contributed by atoms with Gasteiger partial charge >= 0.3 is 10.0 Å². The van der Waals surface area contributed by atoms with Crippen molar-refractivity contribution in [2.45, 2.75) is 4.90 Å². The molecule has 0 saturated heterocycles. The molecular formula is C13H11Cl2N2O2S+. The zero-order valence-corrected chi connectivity index (χ0v) is 12.5. The van der Waals surface area contributed by atoms with Crippen molar-refractivity contribution in [3.05, 3.63) is 64.1 Å². The molecule has 0 atom stereocenters. The standard InChI is InChI=1S/C13H10Cl2N2O2S/c14-10-3-1-9(2-4-10)13(16)17-20(18,19)12-7-5-11(15)6-8-12/h1-8H,(H2,16,17)/p+1. The second-order valence-electron chi connectivity index (χ2n) is 3.98. The third kappa shape index (κ3) is 3.50. The number of hydrogen-bond acceptors (Lipinski definition) is 2. The van der Waals surface area contributed by atoms with Crippen LogP contribution < -0.4 is 10.1 Å². The zero-order chi connectivity index (χ0) is 14.8. The SMILES string of the molecule is NC(=[NH+]S(=O)(=O)c1ccc(Cl)cc1)c1ccc(Cl)cc1. The molecule has 0 heterocycles. The zero-order valence-electron chi connectivity index (χ0n) is 10.2. The van der Waals surface area contributed by atoms with Crippen LogP contribution in [0, 0.1) is 0 Å². The largest absolute Gasteiger partial charge is 0.328 e. The van der Waals surface area contributed by atoms with Crippen LogP contribution in [0.15, 0.2) is 53.4 Å². The van der Waals surface area contributed by atoms with E-state index in [2.05, 4.69) is 4.40 Å². The second kappa shape index (κ2) is 5.83. The van der Waals surface area contributed by atoms with Crippen molar-refractivity contribution in [1.82, 2.24) is 0 Å². The van der Waals surface area contributed by atoms with Gasteiger partial charge in [0.15, 0.2) is 0 Å². The minimum Gasteiger partial charge on any atom is -0.286 e. The van der Waals surface area contributed by atoms with Gasteiger partial charge in [0.25, 0.3) is 5.84 Å². The topological polar surface area (TPSA) is 74.1 Å². The number of amidine groups is 1. The maximum Gasteiger partial charge on any atom is 0.328 e. The van der Waals surface area contributed by atoms with Crippen LogP contribution in [0.5, 0.6) is 0 Å². The number of halogens is 2. The number of hydrogen-bond donors (Lipinski definition) is 2. The molecule has 0 radical (unpaired) electrons. The van der Waals surface area contributed by atoms with Gasteiger partial charge in [-0.1, -0.05) is 23.2 Å². The fourth-order valence-corrected chi connectivity index (χ4v) is 2.78. The first-order valence-corrected chi connectivity index (χ1v) is 7.79. The fourth-order valence-electron chi connectivity index (χ4n) is 1.51. The van der Waals surface area contributed by atoms with E-state index in [1.807, 2.05) is 0 Å². The molecule has 4 nitrogen and oxygen atoms in total. The Morgan fingerprint density at radius 1 is 0.900 bits per heavy atom. The van der Waals surface area contributed by atoms with E-state index >= 15 is 0 Å². The number of nitrogens with one attached hydrogen (secondary N) is 1. The highest BCUT2D eigenvalue weighted by atomic mass is 35.5. The molecule has 0 amide bonds. The lowest BCUT2D eigenvalue weighted by molar-refractivity contribution is -0.268. The van der Waals surface area contributed by atoms with E-state index in [-0.39, 0.29) is 10.7 Å². The summed E-state index contributed by atoms with van der Waals surface area (Å²) in [6.45, 7) is 0. The van der Waals surface area contributed by atoms with Crippen LogP contribution in [-0.2, 0) is 10.0 Å². The Morgan fingerprint density at radius 2 is 1.35 bits per heavy atom. The first-order chi connectivity index (χ1) is 9.38. The number of sulfonamides is 1. The highest BCUT2D eigenvalue weighted by Crippen LogP contribution is 2.12. The lowest BCUT2D eigenvalue weighted by atomic mass is 10.2. The number of rotatable bonds is 3. The number of nitrogen functional groups attached to an aromatic ring is 1. The van der Waals surface area contributed by atoms with Crippen LogP contribution >= 0.6 is 23.2 Å². The van der Waals surface area contributed by atoms with Crippen LogP contribution in [0.4, 0.5) is 0 Å². The average Bonchev–Trinajstić information content (AvgIpc) is 2.39. The molecule has 3 N–H and O–H groups in total. The van der Waals surface area contributed by atoms with E-state index in [0.717, 1.165) is 0 Å². The lowest BCUT2D eigenvalue weighted by Gasteiger charge is -1.99. The Kier molecular flexibility index (Phi) is 4.32. The minimum atomic E-state index is -3.74. The van der Waals surface area contributed by atoms with Crippen molar-refractivity contribution in [3.63, 3.8) is 0 Å². The van der Waals surface area contributed by atoms with Crippen LogP contribution in [0.2, 0.25) is 10.0 Å². The summed E-state index contributed by atoms with van der Waals surface area (Å²) in [4.78, 5) is 0.0822. The minimum absolute atomic E-state index is 0.0246. The van der Waals surface area contributed by atoms with Crippen molar-refractivity contribution in [2.75, 3.05) is 0 Å². The Hall–Kier alpha value is -1.56. The quantitative estimate of drug-likeness (QED) is 0.655. The maximum atomic E-state index is 12.1. The molecule has 0 spiro atoms. The van der Waals surface area contributed by atoms with Gasteiger partial charge < -0.3 is 0 Å². The molecule has 7 heteroatoms. The summed E-state index contributed by atoms with van der Waals surface area (Å²) in [5.74, 6) is 0.0246. The molecule has 0 aliphatic carbocycles. The summed E-state index contributed by atoms with van der Waals surface area (Å²) >= 11 is 11.5. The Morgan fingerprint density at radius 3 is 1.85 bits per heavy atom. The van der Waals surface area contributed by atoms with Gasteiger partial charge in [-0.15, -0.1) is 0 Å². The van der Waals surface area contributed by atoms with Gasteiger partial charge in [-0.2, -0.15) is 12.8 Å². The summed E-state index contributed by atoms with van der Waals surface area (Å²) in [7, 11) is -3.74. The molecule has 0 bridgehead atoms. The molecule has 2 rings (SSSR count). The van der Waals surface area contributed by atoms with Crippen LogP contribution in [0.1, 0.15) is 5.56 Å². The van der Waals surface area contributed by atoms with Crippen molar-refractivity contribution in [2.24, 2.45) is 5.73 Å². The Labute approximate surface area is 126 Å². The molecule has 0 aliphatic rings. The Balaban J connectivity index is 2.37. The maximum absolute atomic E-state index is 12.1. The van der Waals surface area contributed by atoms with Crippen molar-refractivity contribution in [1.29, 1.82) is 0 Å². The van der Waals surface area contributed by atoms with Crippen molar-refractivity contribution >= 4 is 39.1 Å². The van der Waals surface area contributed by atoms with Gasteiger partial charge in [0.05, 0.1) is 5.56 Å². The van der Waals surface area contributed by atoms with Gasteiger partial charge in [0.2, 0.25) is 0 Å². The molecular weight excluding hydrogens is 319 g/mol. The van der Waals surface area contributed by atoms with E-state index < -0.39 is 10.0 Å². The van der Waals surface area contributed by atoms with Gasteiger partial charge in [-0.05, 0) is 48.5 Å². The summed E-state index contributed by atoms with van der Waals surface area (Å²) in [6.07, 6.45) is 0. The molecule has 0 aromatic heterocycles. The molecule has 0 fully saturated rings. The highest BCUT2D eigenvalue weighted by molar-refractivity contribution is 7.84. The lowest BCUT2D eigenvalue weighted by Crippen LogP contribution is -2.78. The molecule has 0 aliphatic heterocycles. The van der Waals surface area contributed by atoms with Gasteiger partial charge in [-0.25, -0.2) is 0 Å². The first kappa shape index (κ1) is 14.8. The monoisotopic (exact) mass is 329 g/mol. The third-order valence-electron chi connectivity index (χ3n) is 2.52. The van der Waals surface area contributed by atoms with Gasteiger partial charge in [0.1, 0.15) is 4.90 Å². The molecule has 20 heavy (non-hydrogen) atoms. The predicted octanol–water partition coefficient (Wildman–Crippen LogP) is 1.17. The third-order valence-corrected chi connectivity index (χ3v) is 4.41. The van der Waals surface area contributed by atoms with Gasteiger partial charge in [-0.3, -0.25) is 5.73 Å². The molecule has 2 aromatic carbocycles. The summed E-state index contributed by atoms with van der Waals surface area (Å²) in [5, 5.41) is 1.00. The normalized spacial score (nSPS) is 12.4. The molecule has 2 aromatic rings. The number of nitrogens with two attached hydrogens (primary N) is 1. The van der Waals surface area contributed by atoms with Gasteiger partial charge in [0, 0.05) is 10.0 Å². The summed E-state index contributed by atoms with van der Waals surface area (Å²) in [5.41, 5.74) is 6.29. The van der Waals surface area contributed by atoms with Crippen LogP contribution in [0.25, 0.3) is 0 Å². The van der Waals surface area contributed by atoms with E-state index in [4.69, 9.17) is 28.9 Å². The molecule has 0 unspecified atom stereocenters. The van der Waals surface area contributed by atoms with Crippen LogP contribution in [-0.4, -0.2) is 14.3 Å². The summed E-state index contributed by atoms with van der Waals surface area (Å²) in [6, 6.07) is 12.3. The first-order valence-electron chi connectivity index (χ1n) is 5.55. The predicted molar refractivity (Wildman–Crippen MR) is 79.3 cm³/mol. The van der Waals surface area contributed by atoms with Crippen molar-refractivity contribution < 1.29 is 12.8 Å². The second-order valence-corrected chi connectivity index (χ2v) is 6.54. The smallest absolute Gasteiger partial charge is 0.286 e. The van der Waals surface area contributed by atoms with E-state index in [0.29, 0.717) is 15.6 Å². The molecule has 0 saturated carbocycles. The Bertz CT molecular complexity index is 739. The summed E-state index contributed by atoms with van der Waals surface area (Å²) < 4.78 is 26.5. The van der Waals surface area contributed by atoms with E-state index in [9.17, 15) is 8.42 Å². The fraction of sp³-hybridized carbons (Fsp3) is 0. The van der Waals surface area contributed by atoms with Crippen LogP contribution in [0.3, 0.4) is 0 Å².